The number of aromatic amines is 1. The second-order valence-corrected chi connectivity index (χ2v) is 6.57. The average molecular weight is 351 g/mol. The monoisotopic (exact) mass is 351 g/mol. The minimum atomic E-state index is 0.625. The minimum Gasteiger partial charge on any atom is -0.382 e. The molecule has 1 aliphatic rings. The summed E-state index contributed by atoms with van der Waals surface area (Å²) in [7, 11) is 0. The third-order valence-corrected chi connectivity index (χ3v) is 4.72. The molecule has 0 fully saturated rings. The highest BCUT2D eigenvalue weighted by molar-refractivity contribution is 6.00. The molecule has 0 amide bonds. The van der Waals surface area contributed by atoms with E-state index in [1.807, 2.05) is 29.5 Å². The highest BCUT2D eigenvalue weighted by atomic mass is 15.8. The first-order valence-corrected chi connectivity index (χ1v) is 9.61. The Morgan fingerprint density at radius 3 is 2.46 bits per heavy atom. The molecule has 0 aliphatic carbocycles. The maximum Gasteiger partial charge on any atom is 0.151 e. The van der Waals surface area contributed by atoms with Crippen LogP contribution in [0.1, 0.15) is 52.4 Å². The van der Waals surface area contributed by atoms with Gasteiger partial charge in [-0.1, -0.05) is 51.3 Å². The number of hydrogen-bond acceptors (Lipinski definition) is 4. The number of allylic oxidation sites excluding steroid dienone is 1. The third kappa shape index (κ3) is 3.77. The first-order valence-electron chi connectivity index (χ1n) is 9.61. The fraction of sp³-hybridized carbons (Fsp3) is 0.381. The number of aromatic nitrogens is 1. The molecule has 0 saturated heterocycles. The number of hydrogen-bond donors (Lipinski definition) is 2. The first-order chi connectivity index (χ1) is 12.8. The van der Waals surface area contributed by atoms with Gasteiger partial charge in [0.2, 0.25) is 0 Å². The van der Waals surface area contributed by atoms with Crippen molar-refractivity contribution in [3.05, 3.63) is 59.9 Å². The van der Waals surface area contributed by atoms with E-state index >= 15 is 0 Å². The Hall–Kier alpha value is -2.69. The van der Waals surface area contributed by atoms with Gasteiger partial charge in [0, 0.05) is 17.5 Å². The van der Waals surface area contributed by atoms with Gasteiger partial charge in [0.1, 0.15) is 0 Å². The molecule has 5 heteroatoms. The smallest absolute Gasteiger partial charge is 0.151 e. The molecule has 1 aromatic carbocycles. The zero-order chi connectivity index (χ0) is 18.4. The summed E-state index contributed by atoms with van der Waals surface area (Å²) in [5.41, 5.74) is 9.88. The Bertz CT molecular complexity index is 746. The second kappa shape index (κ2) is 8.61. The molecular weight excluding hydrogens is 322 g/mol. The van der Waals surface area contributed by atoms with Crippen LogP contribution in [0.5, 0.6) is 0 Å². The number of unbranched alkanes of at least 4 members (excludes halogenated alkanes) is 3. The minimum absolute atomic E-state index is 0.625. The average Bonchev–Trinajstić information content (AvgIpc) is 3.20. The van der Waals surface area contributed by atoms with Crippen molar-refractivity contribution in [1.82, 2.24) is 4.98 Å². The van der Waals surface area contributed by atoms with Gasteiger partial charge in [-0.05, 0) is 43.5 Å². The molecule has 0 spiro atoms. The van der Waals surface area contributed by atoms with E-state index in [2.05, 4.69) is 48.1 Å². The molecule has 3 N–H and O–H groups in total. The molecule has 0 unspecified atom stereocenters. The molecule has 0 atom stereocenters. The largest absolute Gasteiger partial charge is 0.382 e. The molecule has 2 heterocycles. The normalized spacial score (nSPS) is 14.8. The van der Waals surface area contributed by atoms with Crippen LogP contribution in [0, 0.1) is 0 Å². The predicted molar refractivity (Wildman–Crippen MR) is 110 cm³/mol. The molecule has 0 bridgehead atoms. The van der Waals surface area contributed by atoms with Gasteiger partial charge < -0.3 is 10.7 Å². The molecule has 138 valence electrons. The maximum atomic E-state index is 6.41. The van der Waals surface area contributed by atoms with Gasteiger partial charge >= 0.3 is 0 Å². The Morgan fingerprint density at radius 1 is 1.00 bits per heavy atom. The fourth-order valence-electron chi connectivity index (χ4n) is 3.40. The maximum absolute atomic E-state index is 6.41. The summed E-state index contributed by atoms with van der Waals surface area (Å²) in [6.07, 6.45) is 8.65. The number of hydrazine groups is 1. The lowest BCUT2D eigenvalue weighted by atomic mass is 10.0. The number of H-pyrrole nitrogens is 1. The van der Waals surface area contributed by atoms with Crippen molar-refractivity contribution in [2.24, 2.45) is 10.8 Å². The van der Waals surface area contributed by atoms with Crippen molar-refractivity contribution in [1.29, 1.82) is 0 Å². The number of benzene rings is 1. The van der Waals surface area contributed by atoms with Crippen LogP contribution in [0.4, 0.5) is 11.5 Å². The number of nitrogens with one attached hydrogen (secondary N) is 1. The highest BCUT2D eigenvalue weighted by Crippen LogP contribution is 2.33. The topological polar surface area (TPSA) is 60.6 Å². The third-order valence-electron chi connectivity index (χ3n) is 4.72. The SMILES string of the molecule is CCCCCCC1=C(CC)N(c2ccccc2)N(c2ccc[nH]2)N=C1N. The van der Waals surface area contributed by atoms with Crippen LogP contribution >= 0.6 is 0 Å². The van der Waals surface area contributed by atoms with E-state index in [9.17, 15) is 0 Å². The van der Waals surface area contributed by atoms with Crippen molar-refractivity contribution in [3.63, 3.8) is 0 Å². The standard InChI is InChI=1S/C21H29N5/c1-3-5-6-10-14-18-19(4-2)25(17-12-8-7-9-13-17)26(24-21(18)22)20-15-11-16-23-20/h7-9,11-13,15-16,23H,3-6,10,14H2,1-2H3,(H2,22,24). The van der Waals surface area contributed by atoms with E-state index < -0.39 is 0 Å². The van der Waals surface area contributed by atoms with E-state index in [1.54, 1.807) is 0 Å². The molecule has 2 aromatic rings. The highest BCUT2D eigenvalue weighted by Gasteiger charge is 2.29. The molecule has 0 saturated carbocycles. The zero-order valence-electron chi connectivity index (χ0n) is 15.8. The number of hydrazone groups is 1. The van der Waals surface area contributed by atoms with Crippen molar-refractivity contribution < 1.29 is 0 Å². The summed E-state index contributed by atoms with van der Waals surface area (Å²) in [5.74, 6) is 1.52. The van der Waals surface area contributed by atoms with Gasteiger partial charge in [-0.3, -0.25) is 0 Å². The van der Waals surface area contributed by atoms with E-state index in [0.29, 0.717) is 5.84 Å². The van der Waals surface area contributed by atoms with Gasteiger partial charge in [-0.25, -0.2) is 5.01 Å². The summed E-state index contributed by atoms with van der Waals surface area (Å²) in [4.78, 5) is 3.25. The summed E-state index contributed by atoms with van der Waals surface area (Å²) in [6.45, 7) is 4.42. The Balaban J connectivity index is 1.99. The second-order valence-electron chi connectivity index (χ2n) is 6.57. The summed E-state index contributed by atoms with van der Waals surface area (Å²) >= 11 is 0. The molecule has 0 radical (unpaired) electrons. The number of anilines is 2. The van der Waals surface area contributed by atoms with Gasteiger partial charge in [0.05, 0.1) is 5.69 Å². The van der Waals surface area contributed by atoms with Crippen LogP contribution in [-0.4, -0.2) is 10.8 Å². The van der Waals surface area contributed by atoms with Crippen LogP contribution in [0.25, 0.3) is 0 Å². The van der Waals surface area contributed by atoms with Gasteiger partial charge in [0.15, 0.2) is 11.7 Å². The Kier molecular flexibility index (Phi) is 6.00. The molecule has 26 heavy (non-hydrogen) atoms. The van der Waals surface area contributed by atoms with Crippen molar-refractivity contribution >= 4 is 17.3 Å². The molecule has 5 nitrogen and oxygen atoms in total. The quantitative estimate of drug-likeness (QED) is 0.646. The van der Waals surface area contributed by atoms with Crippen molar-refractivity contribution in [2.75, 3.05) is 10.1 Å². The first kappa shape index (κ1) is 18.1. The van der Waals surface area contributed by atoms with Crippen LogP contribution < -0.4 is 15.9 Å². The molecule has 3 rings (SSSR count). The van der Waals surface area contributed by atoms with Gasteiger partial charge in [0.25, 0.3) is 0 Å². The fourth-order valence-corrected chi connectivity index (χ4v) is 3.40. The van der Waals surface area contributed by atoms with E-state index in [1.165, 1.54) is 30.5 Å². The van der Waals surface area contributed by atoms with Crippen molar-refractivity contribution in [3.8, 4) is 0 Å². The van der Waals surface area contributed by atoms with Crippen LogP contribution in [0.2, 0.25) is 0 Å². The van der Waals surface area contributed by atoms with Crippen LogP contribution in [0.15, 0.2) is 65.0 Å². The molecule has 1 aromatic heterocycles. The number of nitrogens with two attached hydrogens (primary N) is 1. The predicted octanol–water partition coefficient (Wildman–Crippen LogP) is 5.16. The molecule has 1 aliphatic heterocycles. The van der Waals surface area contributed by atoms with Crippen LogP contribution in [-0.2, 0) is 0 Å². The number of nitrogens with zero attached hydrogens (tertiary/aromatic N) is 3. The van der Waals surface area contributed by atoms with E-state index in [4.69, 9.17) is 10.8 Å². The summed E-state index contributed by atoms with van der Waals surface area (Å²) < 4.78 is 0. The lowest BCUT2D eigenvalue weighted by Crippen LogP contribution is -2.45. The van der Waals surface area contributed by atoms with E-state index in [0.717, 1.165) is 30.8 Å². The Morgan fingerprint density at radius 2 is 1.81 bits per heavy atom. The number of amidine groups is 1. The van der Waals surface area contributed by atoms with Gasteiger partial charge in [-0.2, -0.15) is 0 Å². The summed E-state index contributed by atoms with van der Waals surface area (Å²) in [5, 5.41) is 8.78. The van der Waals surface area contributed by atoms with E-state index in [-0.39, 0.29) is 0 Å². The number of para-hydroxylation sites is 1. The van der Waals surface area contributed by atoms with Gasteiger partial charge in [-0.15, -0.1) is 10.2 Å². The Labute approximate surface area is 156 Å². The molecular formula is C21H29N5. The van der Waals surface area contributed by atoms with Crippen molar-refractivity contribution in [2.45, 2.75) is 52.4 Å². The summed E-state index contributed by atoms with van der Waals surface area (Å²) in [6, 6.07) is 14.3. The lowest BCUT2D eigenvalue weighted by molar-refractivity contribution is 0.659. The number of rotatable bonds is 8. The lowest BCUT2D eigenvalue weighted by Gasteiger charge is -2.39. The zero-order valence-corrected chi connectivity index (χ0v) is 15.8. The van der Waals surface area contributed by atoms with Crippen LogP contribution in [0.3, 0.4) is 0 Å².